The van der Waals surface area contributed by atoms with Gasteiger partial charge < -0.3 is 25.0 Å². The average Bonchev–Trinajstić information content (AvgIpc) is 3.20. The number of hydrogen-bond acceptors (Lipinski definition) is 4. The predicted octanol–water partition coefficient (Wildman–Crippen LogP) is 3.04. The quantitative estimate of drug-likeness (QED) is 0.569. The van der Waals surface area contributed by atoms with Crippen molar-refractivity contribution in [3.8, 4) is 11.5 Å². The van der Waals surface area contributed by atoms with Gasteiger partial charge in [-0.1, -0.05) is 24.3 Å². The van der Waals surface area contributed by atoms with Gasteiger partial charge in [0.05, 0.1) is 19.4 Å². The Morgan fingerprint density at radius 1 is 1.21 bits per heavy atom. The monoisotopic (exact) mass is 382 g/mol. The van der Waals surface area contributed by atoms with Crippen LogP contribution in [0.25, 0.3) is 0 Å². The van der Waals surface area contributed by atoms with Crippen molar-refractivity contribution in [2.24, 2.45) is 4.99 Å². The van der Waals surface area contributed by atoms with Crippen molar-refractivity contribution in [1.82, 2.24) is 10.6 Å². The molecule has 1 aliphatic rings. The Kier molecular flexibility index (Phi) is 7.00. The van der Waals surface area contributed by atoms with Crippen LogP contribution < -0.4 is 25.0 Å². The van der Waals surface area contributed by atoms with Crippen LogP contribution >= 0.6 is 0 Å². The lowest BCUT2D eigenvalue weighted by Gasteiger charge is -2.22. The molecule has 0 aromatic heterocycles. The summed E-state index contributed by atoms with van der Waals surface area (Å²) in [5, 5.41) is 6.94. The van der Waals surface area contributed by atoms with Crippen LogP contribution in [0.15, 0.2) is 53.5 Å². The highest BCUT2D eigenvalue weighted by Crippen LogP contribution is 2.30. The Bertz CT molecular complexity index is 794. The first-order chi connectivity index (χ1) is 13.7. The van der Waals surface area contributed by atoms with Gasteiger partial charge in [-0.15, -0.1) is 0 Å². The molecule has 1 aliphatic heterocycles. The highest BCUT2D eigenvalue weighted by Gasteiger charge is 2.25. The van der Waals surface area contributed by atoms with Gasteiger partial charge in [-0.3, -0.25) is 4.99 Å². The molecule has 1 unspecified atom stereocenters. The fourth-order valence-corrected chi connectivity index (χ4v) is 3.47. The standard InChI is InChI=1S/C22H30N4O2/c1-4-28-19-9-7-8-17(14-19)15-24-22(23-2)25-18-12-13-26(16-18)20-10-5-6-11-21(20)27-3/h5-11,14,18H,4,12-13,15-16H2,1-3H3,(H2,23,24,25). The molecule has 1 atom stereocenters. The Hall–Kier alpha value is -2.89. The second-order valence-corrected chi connectivity index (χ2v) is 6.75. The lowest BCUT2D eigenvalue weighted by atomic mass is 10.2. The van der Waals surface area contributed by atoms with E-state index >= 15 is 0 Å². The molecule has 6 heteroatoms. The Morgan fingerprint density at radius 2 is 2.07 bits per heavy atom. The first-order valence-corrected chi connectivity index (χ1v) is 9.80. The molecule has 6 nitrogen and oxygen atoms in total. The summed E-state index contributed by atoms with van der Waals surface area (Å²) in [5.74, 6) is 2.63. The summed E-state index contributed by atoms with van der Waals surface area (Å²) in [6.07, 6.45) is 1.05. The summed E-state index contributed by atoms with van der Waals surface area (Å²) in [6, 6.07) is 16.6. The molecule has 0 spiro atoms. The van der Waals surface area contributed by atoms with Crippen LogP contribution in [0.2, 0.25) is 0 Å². The van der Waals surface area contributed by atoms with Gasteiger partial charge >= 0.3 is 0 Å². The van der Waals surface area contributed by atoms with Crippen LogP contribution in [-0.2, 0) is 6.54 Å². The molecule has 0 radical (unpaired) electrons. The third-order valence-corrected chi connectivity index (χ3v) is 4.85. The highest BCUT2D eigenvalue weighted by atomic mass is 16.5. The lowest BCUT2D eigenvalue weighted by Crippen LogP contribution is -2.44. The minimum absolute atomic E-state index is 0.339. The molecule has 28 heavy (non-hydrogen) atoms. The normalized spacial score (nSPS) is 16.8. The second-order valence-electron chi connectivity index (χ2n) is 6.75. The van der Waals surface area contributed by atoms with Gasteiger partial charge in [0.15, 0.2) is 5.96 Å². The molecule has 0 aliphatic carbocycles. The van der Waals surface area contributed by atoms with Gasteiger partial charge in [-0.2, -0.15) is 0 Å². The lowest BCUT2D eigenvalue weighted by molar-refractivity contribution is 0.340. The number of hydrogen-bond donors (Lipinski definition) is 2. The van der Waals surface area contributed by atoms with Crippen LogP contribution in [-0.4, -0.2) is 45.9 Å². The largest absolute Gasteiger partial charge is 0.495 e. The van der Waals surface area contributed by atoms with Crippen LogP contribution in [0.5, 0.6) is 11.5 Å². The van der Waals surface area contributed by atoms with Gasteiger partial charge in [0.1, 0.15) is 11.5 Å². The topological polar surface area (TPSA) is 58.1 Å². The van der Waals surface area contributed by atoms with E-state index in [0.29, 0.717) is 19.2 Å². The number of guanidine groups is 1. The number of benzene rings is 2. The zero-order chi connectivity index (χ0) is 19.8. The van der Waals surface area contributed by atoms with Gasteiger partial charge in [-0.25, -0.2) is 0 Å². The number of aliphatic imine (C=N–C) groups is 1. The second kappa shape index (κ2) is 9.88. The summed E-state index contributed by atoms with van der Waals surface area (Å²) in [6.45, 7) is 5.27. The van der Waals surface area contributed by atoms with E-state index in [9.17, 15) is 0 Å². The van der Waals surface area contributed by atoms with E-state index < -0.39 is 0 Å². The molecule has 3 rings (SSSR count). The van der Waals surface area contributed by atoms with Gasteiger partial charge in [0.25, 0.3) is 0 Å². The minimum Gasteiger partial charge on any atom is -0.495 e. The molecule has 1 heterocycles. The molecule has 2 N–H and O–H groups in total. The third kappa shape index (κ3) is 5.09. The van der Waals surface area contributed by atoms with Gasteiger partial charge in [0.2, 0.25) is 0 Å². The Balaban J connectivity index is 1.53. The molecule has 150 valence electrons. The van der Waals surface area contributed by atoms with Gasteiger partial charge in [0, 0.05) is 32.7 Å². The van der Waals surface area contributed by atoms with Crippen LogP contribution in [0, 0.1) is 0 Å². The summed E-state index contributed by atoms with van der Waals surface area (Å²) in [4.78, 5) is 6.73. The van der Waals surface area contributed by atoms with E-state index in [1.807, 2.05) is 31.2 Å². The number of nitrogens with one attached hydrogen (secondary N) is 2. The maximum Gasteiger partial charge on any atom is 0.191 e. The van der Waals surface area contributed by atoms with Crippen molar-refractivity contribution in [2.75, 3.05) is 38.8 Å². The average molecular weight is 383 g/mol. The maximum atomic E-state index is 5.57. The summed E-state index contributed by atoms with van der Waals surface area (Å²) in [5.41, 5.74) is 2.31. The van der Waals surface area contributed by atoms with Crippen molar-refractivity contribution in [3.63, 3.8) is 0 Å². The van der Waals surface area contributed by atoms with E-state index in [0.717, 1.165) is 48.2 Å². The van der Waals surface area contributed by atoms with Crippen molar-refractivity contribution >= 4 is 11.6 Å². The third-order valence-electron chi connectivity index (χ3n) is 4.85. The van der Waals surface area contributed by atoms with Gasteiger partial charge in [-0.05, 0) is 43.2 Å². The molecule has 1 saturated heterocycles. The Labute approximate surface area is 167 Å². The number of para-hydroxylation sites is 2. The van der Waals surface area contributed by atoms with E-state index in [1.54, 1.807) is 14.2 Å². The number of rotatable bonds is 7. The van der Waals surface area contributed by atoms with Crippen molar-refractivity contribution in [2.45, 2.75) is 25.9 Å². The molecule has 2 aromatic carbocycles. The summed E-state index contributed by atoms with van der Waals surface area (Å²) >= 11 is 0. The number of methoxy groups -OCH3 is 1. The van der Waals surface area contributed by atoms with Crippen LogP contribution in [0.1, 0.15) is 18.9 Å². The minimum atomic E-state index is 0.339. The molecule has 0 amide bonds. The first kappa shape index (κ1) is 19.9. The summed E-state index contributed by atoms with van der Waals surface area (Å²) in [7, 11) is 3.52. The zero-order valence-electron chi connectivity index (χ0n) is 16.9. The SMILES string of the molecule is CCOc1cccc(CNC(=NC)NC2CCN(c3ccccc3OC)C2)c1. The molecule has 1 fully saturated rings. The van der Waals surface area contributed by atoms with Crippen molar-refractivity contribution in [1.29, 1.82) is 0 Å². The van der Waals surface area contributed by atoms with Crippen LogP contribution in [0.3, 0.4) is 0 Å². The highest BCUT2D eigenvalue weighted by molar-refractivity contribution is 5.80. The smallest absolute Gasteiger partial charge is 0.191 e. The fraction of sp³-hybridized carbons (Fsp3) is 0.409. The number of nitrogens with zero attached hydrogens (tertiary/aromatic N) is 2. The zero-order valence-corrected chi connectivity index (χ0v) is 16.9. The number of ether oxygens (including phenoxy) is 2. The van der Waals surface area contributed by atoms with Crippen molar-refractivity contribution in [3.05, 3.63) is 54.1 Å². The molecule has 0 saturated carbocycles. The molecule has 0 bridgehead atoms. The number of anilines is 1. The molecular formula is C22H30N4O2. The van der Waals surface area contributed by atoms with E-state index in [1.165, 1.54) is 0 Å². The van der Waals surface area contributed by atoms with E-state index in [-0.39, 0.29) is 0 Å². The first-order valence-electron chi connectivity index (χ1n) is 9.80. The predicted molar refractivity (Wildman–Crippen MR) is 115 cm³/mol. The molecule has 2 aromatic rings. The fourth-order valence-electron chi connectivity index (χ4n) is 3.47. The maximum absolute atomic E-state index is 5.57. The molecular weight excluding hydrogens is 352 g/mol. The summed E-state index contributed by atoms with van der Waals surface area (Å²) < 4.78 is 11.1. The van der Waals surface area contributed by atoms with Crippen molar-refractivity contribution < 1.29 is 9.47 Å². The van der Waals surface area contributed by atoms with E-state index in [4.69, 9.17) is 9.47 Å². The van der Waals surface area contributed by atoms with Crippen LogP contribution in [0.4, 0.5) is 5.69 Å². The van der Waals surface area contributed by atoms with E-state index in [2.05, 4.69) is 44.8 Å². The Morgan fingerprint density at radius 3 is 2.86 bits per heavy atom.